The van der Waals surface area contributed by atoms with Crippen LogP contribution in [0.5, 0.6) is 11.5 Å². The number of terminal acetylenes is 1. The van der Waals surface area contributed by atoms with E-state index in [1.807, 2.05) is 6.07 Å². The number of carbonyl (C=O) groups excluding carboxylic acids is 4. The van der Waals surface area contributed by atoms with Gasteiger partial charge in [-0.1, -0.05) is 55.0 Å². The second-order valence-corrected chi connectivity index (χ2v) is 13.6. The highest BCUT2D eigenvalue weighted by atomic mass is 16.6. The van der Waals surface area contributed by atoms with Crippen LogP contribution in [0.4, 0.5) is 4.79 Å². The minimum absolute atomic E-state index is 0.00598. The standard InChI is InChI=1S/C38H45N3O8/c1-9-41(34(45)29(40-36(47)49-38(6,7)8)22-26-15-18-28(42)19-16-26)32(27-17-20-31(43)24(2)21-27)33(44)39-30(35(46)48-37(3,4)5)23-25-13-11-10-12-14-25/h1,10-21,29-30,32,42-43H,22-23H2,2-8H3,(H,39,44)(H,40,47). The van der Waals surface area contributed by atoms with Gasteiger partial charge in [0, 0.05) is 18.9 Å². The third-order valence-electron chi connectivity index (χ3n) is 7.08. The van der Waals surface area contributed by atoms with E-state index >= 15 is 0 Å². The Morgan fingerprint density at radius 1 is 0.796 bits per heavy atom. The quantitative estimate of drug-likeness (QED) is 0.125. The van der Waals surface area contributed by atoms with Gasteiger partial charge in [0.15, 0.2) is 0 Å². The fourth-order valence-electron chi connectivity index (χ4n) is 4.88. The molecule has 4 N–H and O–H groups in total. The minimum Gasteiger partial charge on any atom is -0.508 e. The lowest BCUT2D eigenvalue weighted by atomic mass is 9.98. The minimum atomic E-state index is -1.51. The SMILES string of the molecule is C#CN(C(=O)C(Cc1ccc(O)cc1)NC(=O)OC(C)(C)C)C(C(=O)NC(Cc1ccccc1)C(=O)OC(C)(C)C)c1ccc(O)c(C)c1. The highest BCUT2D eigenvalue weighted by Gasteiger charge is 2.38. The van der Waals surface area contributed by atoms with E-state index in [4.69, 9.17) is 15.9 Å². The predicted octanol–water partition coefficient (Wildman–Crippen LogP) is 5.07. The van der Waals surface area contributed by atoms with Crippen molar-refractivity contribution in [2.45, 2.75) is 90.6 Å². The summed E-state index contributed by atoms with van der Waals surface area (Å²) in [6.45, 7) is 11.7. The van der Waals surface area contributed by atoms with E-state index in [0.29, 0.717) is 11.1 Å². The first-order chi connectivity index (χ1) is 22.9. The van der Waals surface area contributed by atoms with Gasteiger partial charge in [0.05, 0.1) is 0 Å². The molecule has 3 rings (SSSR count). The topological polar surface area (TPSA) is 154 Å². The second-order valence-electron chi connectivity index (χ2n) is 13.6. The maximum Gasteiger partial charge on any atom is 0.408 e. The van der Waals surface area contributed by atoms with E-state index in [1.54, 1.807) is 84.9 Å². The van der Waals surface area contributed by atoms with Gasteiger partial charge >= 0.3 is 12.1 Å². The Kier molecular flexibility index (Phi) is 12.4. The molecule has 0 spiro atoms. The first-order valence-corrected chi connectivity index (χ1v) is 15.8. The molecule has 0 aromatic heterocycles. The summed E-state index contributed by atoms with van der Waals surface area (Å²) in [6, 6.07) is 17.7. The Balaban J connectivity index is 2.08. The number of hydrogen-bond donors (Lipinski definition) is 4. The van der Waals surface area contributed by atoms with Crippen molar-refractivity contribution in [1.82, 2.24) is 15.5 Å². The number of phenols is 2. The van der Waals surface area contributed by atoms with Gasteiger partial charge in [0.2, 0.25) is 5.91 Å². The Morgan fingerprint density at radius 2 is 1.37 bits per heavy atom. The number of rotatable bonds is 11. The van der Waals surface area contributed by atoms with Crippen molar-refractivity contribution in [2.24, 2.45) is 0 Å². The molecule has 0 saturated heterocycles. The third-order valence-corrected chi connectivity index (χ3v) is 7.08. The number of aromatic hydroxyl groups is 2. The molecule has 0 saturated carbocycles. The number of ether oxygens (including phenoxy) is 2. The number of aryl methyl sites for hydroxylation is 1. The lowest BCUT2D eigenvalue weighted by molar-refractivity contribution is -0.159. The number of nitrogens with zero attached hydrogens (tertiary/aromatic N) is 1. The van der Waals surface area contributed by atoms with Crippen molar-refractivity contribution < 1.29 is 38.9 Å². The summed E-state index contributed by atoms with van der Waals surface area (Å²) < 4.78 is 11.1. The molecule has 0 bridgehead atoms. The molecule has 3 aromatic carbocycles. The highest BCUT2D eigenvalue weighted by Crippen LogP contribution is 2.28. The highest BCUT2D eigenvalue weighted by molar-refractivity contribution is 5.95. The molecule has 0 aliphatic carbocycles. The van der Waals surface area contributed by atoms with Gasteiger partial charge in [-0.3, -0.25) is 14.5 Å². The maximum absolute atomic E-state index is 14.4. The van der Waals surface area contributed by atoms with Crippen molar-refractivity contribution in [3.05, 3.63) is 95.1 Å². The van der Waals surface area contributed by atoms with Gasteiger partial charge in [-0.15, -0.1) is 0 Å². The van der Waals surface area contributed by atoms with Crippen LogP contribution in [0, 0.1) is 19.4 Å². The molecule has 11 heteroatoms. The number of benzene rings is 3. The lowest BCUT2D eigenvalue weighted by Crippen LogP contribution is -2.54. The smallest absolute Gasteiger partial charge is 0.408 e. The summed E-state index contributed by atoms with van der Waals surface area (Å²) in [5, 5.41) is 25.4. The normalized spacial score (nSPS) is 13.2. The summed E-state index contributed by atoms with van der Waals surface area (Å²) in [5.74, 6) is -2.37. The van der Waals surface area contributed by atoms with Gasteiger partial charge in [0.25, 0.3) is 5.91 Å². The summed E-state index contributed by atoms with van der Waals surface area (Å²) in [5.41, 5.74) is 0.209. The van der Waals surface area contributed by atoms with Gasteiger partial charge in [0.1, 0.15) is 40.8 Å². The number of hydrogen-bond acceptors (Lipinski definition) is 8. The molecule has 3 atom stereocenters. The van der Waals surface area contributed by atoms with Crippen molar-refractivity contribution in [3.63, 3.8) is 0 Å². The van der Waals surface area contributed by atoms with Gasteiger partial charge in [-0.2, -0.15) is 0 Å². The van der Waals surface area contributed by atoms with Crippen LogP contribution in [0.15, 0.2) is 72.8 Å². The second kappa shape index (κ2) is 16.1. The van der Waals surface area contributed by atoms with E-state index < -0.39 is 53.2 Å². The number of amides is 3. The number of carbonyl (C=O) groups is 4. The summed E-state index contributed by atoms with van der Waals surface area (Å²) in [6.07, 6.45) is 5.07. The van der Waals surface area contributed by atoms with Crippen LogP contribution in [0.1, 0.15) is 69.8 Å². The number of esters is 1. The Labute approximate surface area is 287 Å². The largest absolute Gasteiger partial charge is 0.508 e. The van der Waals surface area contributed by atoms with E-state index in [1.165, 1.54) is 30.3 Å². The first-order valence-electron chi connectivity index (χ1n) is 15.8. The lowest BCUT2D eigenvalue weighted by Gasteiger charge is -2.32. The van der Waals surface area contributed by atoms with E-state index in [2.05, 4.69) is 16.7 Å². The zero-order valence-electron chi connectivity index (χ0n) is 28.9. The molecule has 11 nitrogen and oxygen atoms in total. The monoisotopic (exact) mass is 671 g/mol. The van der Waals surface area contributed by atoms with Crippen LogP contribution >= 0.6 is 0 Å². The van der Waals surface area contributed by atoms with E-state index in [0.717, 1.165) is 10.5 Å². The zero-order valence-corrected chi connectivity index (χ0v) is 28.9. The van der Waals surface area contributed by atoms with Crippen LogP contribution in [-0.2, 0) is 36.7 Å². The molecule has 0 radical (unpaired) electrons. The van der Waals surface area contributed by atoms with E-state index in [9.17, 15) is 29.4 Å². The molecule has 49 heavy (non-hydrogen) atoms. The molecule has 3 unspecified atom stereocenters. The molecule has 0 heterocycles. The van der Waals surface area contributed by atoms with Crippen LogP contribution in [-0.4, -0.2) is 62.3 Å². The Hall–Kier alpha value is -5.50. The van der Waals surface area contributed by atoms with Gasteiger partial charge < -0.3 is 30.3 Å². The number of phenolic OH excluding ortho intramolecular Hbond substituents is 2. The average Bonchev–Trinajstić information content (AvgIpc) is 3.00. The number of alkyl carbamates (subject to hydrolysis) is 1. The first kappa shape index (κ1) is 38.0. The maximum atomic E-state index is 14.4. The van der Waals surface area contributed by atoms with E-state index in [-0.39, 0.29) is 29.9 Å². The molecular weight excluding hydrogens is 626 g/mol. The fourth-order valence-corrected chi connectivity index (χ4v) is 4.88. The van der Waals surface area contributed by atoms with Crippen LogP contribution in [0.3, 0.4) is 0 Å². The van der Waals surface area contributed by atoms with Crippen molar-refractivity contribution in [2.75, 3.05) is 0 Å². The molecule has 3 amide bonds. The molecule has 260 valence electrons. The summed E-state index contributed by atoms with van der Waals surface area (Å²) >= 11 is 0. The van der Waals surface area contributed by atoms with Crippen LogP contribution < -0.4 is 10.6 Å². The molecule has 0 aliphatic heterocycles. The fraction of sp³-hybridized carbons (Fsp3) is 0.368. The molecular formula is C38H45N3O8. The van der Waals surface area contributed by atoms with Crippen molar-refractivity contribution in [3.8, 4) is 24.0 Å². The zero-order chi connectivity index (χ0) is 36.5. The third kappa shape index (κ3) is 11.6. The molecule has 0 aliphatic rings. The van der Waals surface area contributed by atoms with Crippen molar-refractivity contribution in [1.29, 1.82) is 0 Å². The van der Waals surface area contributed by atoms with Crippen LogP contribution in [0.25, 0.3) is 0 Å². The summed E-state index contributed by atoms with van der Waals surface area (Å²) in [7, 11) is 0. The number of nitrogens with one attached hydrogen (secondary N) is 2. The Morgan fingerprint density at radius 3 is 1.92 bits per heavy atom. The average molecular weight is 672 g/mol. The van der Waals surface area contributed by atoms with Crippen molar-refractivity contribution >= 4 is 23.9 Å². The summed E-state index contributed by atoms with van der Waals surface area (Å²) in [4.78, 5) is 55.9. The van der Waals surface area contributed by atoms with Gasteiger partial charge in [-0.05, 0) is 95.0 Å². The predicted molar refractivity (Wildman–Crippen MR) is 184 cm³/mol. The molecule has 0 fully saturated rings. The Bertz CT molecular complexity index is 1670. The van der Waals surface area contributed by atoms with Crippen LogP contribution in [0.2, 0.25) is 0 Å². The molecule has 3 aromatic rings. The van der Waals surface area contributed by atoms with Gasteiger partial charge in [-0.25, -0.2) is 9.59 Å².